The predicted octanol–water partition coefficient (Wildman–Crippen LogP) is -0.300. The fourth-order valence-electron chi connectivity index (χ4n) is 2.79. The summed E-state index contributed by atoms with van der Waals surface area (Å²) in [7, 11) is 2.05. The summed E-state index contributed by atoms with van der Waals surface area (Å²) in [5.41, 5.74) is 0. The lowest BCUT2D eigenvalue weighted by atomic mass is 10.0. The van der Waals surface area contributed by atoms with Gasteiger partial charge >= 0.3 is 5.97 Å². The molecule has 0 spiro atoms. The molecule has 0 bridgehead atoms. The number of piperazine rings is 1. The SMILES string of the molecule is CN1CCN(C(=O)CN2CCCCC2C(=O)O)CC1. The van der Waals surface area contributed by atoms with Crippen LogP contribution in [-0.4, -0.2) is 84.0 Å². The van der Waals surface area contributed by atoms with Crippen LogP contribution in [0.1, 0.15) is 19.3 Å². The molecule has 1 N–H and O–H groups in total. The third kappa shape index (κ3) is 3.67. The number of hydrogen-bond acceptors (Lipinski definition) is 4. The van der Waals surface area contributed by atoms with Gasteiger partial charge in [-0.25, -0.2) is 0 Å². The van der Waals surface area contributed by atoms with Crippen LogP contribution in [0.5, 0.6) is 0 Å². The second-order valence-corrected chi connectivity index (χ2v) is 5.50. The third-order valence-corrected chi connectivity index (χ3v) is 4.09. The lowest BCUT2D eigenvalue weighted by Gasteiger charge is -2.36. The van der Waals surface area contributed by atoms with Gasteiger partial charge < -0.3 is 14.9 Å². The molecule has 1 amide bonds. The number of carboxylic acid groups (broad SMARTS) is 1. The zero-order valence-corrected chi connectivity index (χ0v) is 11.5. The highest BCUT2D eigenvalue weighted by molar-refractivity contribution is 5.80. The van der Waals surface area contributed by atoms with Crippen LogP contribution in [0.2, 0.25) is 0 Å². The molecule has 0 saturated carbocycles. The van der Waals surface area contributed by atoms with Crippen molar-refractivity contribution in [1.29, 1.82) is 0 Å². The van der Waals surface area contributed by atoms with Crippen molar-refractivity contribution < 1.29 is 14.7 Å². The van der Waals surface area contributed by atoms with Gasteiger partial charge in [0.1, 0.15) is 6.04 Å². The van der Waals surface area contributed by atoms with Gasteiger partial charge in [-0.1, -0.05) is 6.42 Å². The van der Waals surface area contributed by atoms with Crippen LogP contribution >= 0.6 is 0 Å². The van der Waals surface area contributed by atoms with E-state index in [9.17, 15) is 14.7 Å². The molecule has 0 aromatic heterocycles. The van der Waals surface area contributed by atoms with E-state index < -0.39 is 12.0 Å². The number of likely N-dealkylation sites (tertiary alicyclic amines) is 1. The van der Waals surface area contributed by atoms with Gasteiger partial charge in [0.15, 0.2) is 0 Å². The normalized spacial score (nSPS) is 26.4. The molecule has 0 radical (unpaired) electrons. The number of likely N-dealkylation sites (N-methyl/N-ethyl adjacent to an activating group) is 1. The van der Waals surface area contributed by atoms with E-state index in [0.29, 0.717) is 6.42 Å². The highest BCUT2D eigenvalue weighted by Gasteiger charge is 2.31. The molecular formula is C13H23N3O3. The van der Waals surface area contributed by atoms with Crippen LogP contribution in [0.15, 0.2) is 0 Å². The second kappa shape index (κ2) is 6.34. The molecule has 0 aromatic carbocycles. The van der Waals surface area contributed by atoms with Gasteiger partial charge in [0.05, 0.1) is 6.54 Å². The Kier molecular flexibility index (Phi) is 4.76. The minimum absolute atomic E-state index is 0.0706. The molecular weight excluding hydrogens is 246 g/mol. The number of carbonyl (C=O) groups excluding carboxylic acids is 1. The van der Waals surface area contributed by atoms with Crippen molar-refractivity contribution >= 4 is 11.9 Å². The van der Waals surface area contributed by atoms with E-state index in [1.54, 1.807) is 0 Å². The van der Waals surface area contributed by atoms with Gasteiger partial charge in [-0.2, -0.15) is 0 Å². The molecule has 0 aliphatic carbocycles. The van der Waals surface area contributed by atoms with Crippen LogP contribution in [0.4, 0.5) is 0 Å². The molecule has 19 heavy (non-hydrogen) atoms. The zero-order valence-electron chi connectivity index (χ0n) is 11.5. The summed E-state index contributed by atoms with van der Waals surface area (Å²) in [6, 6.07) is -0.481. The van der Waals surface area contributed by atoms with Gasteiger partial charge in [0.2, 0.25) is 5.91 Å². The van der Waals surface area contributed by atoms with Gasteiger partial charge in [-0.05, 0) is 26.4 Å². The molecule has 1 unspecified atom stereocenters. The van der Waals surface area contributed by atoms with Gasteiger partial charge in [-0.3, -0.25) is 14.5 Å². The number of aliphatic carboxylic acids is 1. The molecule has 2 heterocycles. The van der Waals surface area contributed by atoms with E-state index in [1.807, 2.05) is 16.8 Å². The summed E-state index contributed by atoms with van der Waals surface area (Å²) in [6.45, 7) is 4.27. The predicted molar refractivity (Wildman–Crippen MR) is 70.9 cm³/mol. The quantitative estimate of drug-likeness (QED) is 0.762. The first-order chi connectivity index (χ1) is 9.08. The van der Waals surface area contributed by atoms with Crippen molar-refractivity contribution in [1.82, 2.24) is 14.7 Å². The van der Waals surface area contributed by atoms with E-state index >= 15 is 0 Å². The lowest BCUT2D eigenvalue weighted by Crippen LogP contribution is -2.53. The Bertz CT molecular complexity index is 340. The van der Waals surface area contributed by atoms with Crippen molar-refractivity contribution in [2.45, 2.75) is 25.3 Å². The number of piperidine rings is 1. The van der Waals surface area contributed by atoms with Crippen LogP contribution < -0.4 is 0 Å². The molecule has 0 aromatic rings. The Morgan fingerprint density at radius 3 is 2.42 bits per heavy atom. The Balaban J connectivity index is 1.88. The maximum atomic E-state index is 12.2. The highest BCUT2D eigenvalue weighted by Crippen LogP contribution is 2.17. The molecule has 6 nitrogen and oxygen atoms in total. The van der Waals surface area contributed by atoms with E-state index in [2.05, 4.69) is 4.90 Å². The van der Waals surface area contributed by atoms with Crippen molar-refractivity contribution in [2.75, 3.05) is 46.3 Å². The first-order valence-corrected chi connectivity index (χ1v) is 7.01. The van der Waals surface area contributed by atoms with Gasteiger partial charge in [0, 0.05) is 26.2 Å². The van der Waals surface area contributed by atoms with Gasteiger partial charge in [0.25, 0.3) is 0 Å². The number of amides is 1. The molecule has 1 atom stereocenters. The standard InChI is InChI=1S/C13H23N3O3/c1-14-6-8-15(9-7-14)12(17)10-16-5-3-2-4-11(16)13(18)19/h11H,2-10H2,1H3,(H,18,19). The van der Waals surface area contributed by atoms with Gasteiger partial charge in [-0.15, -0.1) is 0 Å². The van der Waals surface area contributed by atoms with Crippen molar-refractivity contribution in [3.63, 3.8) is 0 Å². The second-order valence-electron chi connectivity index (χ2n) is 5.50. The summed E-state index contributed by atoms with van der Waals surface area (Å²) in [5, 5.41) is 9.19. The maximum Gasteiger partial charge on any atom is 0.320 e. The minimum atomic E-state index is -0.800. The Hall–Kier alpha value is -1.14. The summed E-state index contributed by atoms with van der Waals surface area (Å²) in [6.07, 6.45) is 2.58. The average Bonchev–Trinajstić information content (AvgIpc) is 2.39. The minimum Gasteiger partial charge on any atom is -0.480 e. The Morgan fingerprint density at radius 2 is 1.79 bits per heavy atom. The van der Waals surface area contributed by atoms with Crippen molar-refractivity contribution in [2.24, 2.45) is 0 Å². The van der Waals surface area contributed by atoms with Crippen LogP contribution in [0, 0.1) is 0 Å². The number of carboxylic acids is 1. The number of nitrogens with zero attached hydrogens (tertiary/aromatic N) is 3. The Morgan fingerprint density at radius 1 is 1.11 bits per heavy atom. The monoisotopic (exact) mass is 269 g/mol. The molecule has 108 valence electrons. The molecule has 2 fully saturated rings. The van der Waals surface area contributed by atoms with E-state index in [1.165, 1.54) is 0 Å². The first-order valence-electron chi connectivity index (χ1n) is 7.01. The lowest BCUT2D eigenvalue weighted by molar-refractivity contribution is -0.146. The number of rotatable bonds is 3. The molecule has 2 aliphatic heterocycles. The zero-order chi connectivity index (χ0) is 13.8. The van der Waals surface area contributed by atoms with E-state index in [4.69, 9.17) is 0 Å². The topological polar surface area (TPSA) is 64.1 Å². The molecule has 2 aliphatic rings. The molecule has 2 saturated heterocycles. The van der Waals surface area contributed by atoms with Crippen LogP contribution in [0.3, 0.4) is 0 Å². The van der Waals surface area contributed by atoms with Crippen molar-refractivity contribution in [3.8, 4) is 0 Å². The number of carbonyl (C=O) groups is 2. The fourth-order valence-corrected chi connectivity index (χ4v) is 2.79. The highest BCUT2D eigenvalue weighted by atomic mass is 16.4. The number of hydrogen-bond donors (Lipinski definition) is 1. The van der Waals surface area contributed by atoms with Crippen LogP contribution in [0.25, 0.3) is 0 Å². The first kappa shape index (κ1) is 14.3. The Labute approximate surface area is 114 Å². The summed E-state index contributed by atoms with van der Waals surface area (Å²) in [4.78, 5) is 29.3. The van der Waals surface area contributed by atoms with Crippen LogP contribution in [-0.2, 0) is 9.59 Å². The van der Waals surface area contributed by atoms with Crippen molar-refractivity contribution in [3.05, 3.63) is 0 Å². The van der Waals surface area contributed by atoms with E-state index in [-0.39, 0.29) is 12.5 Å². The van der Waals surface area contributed by atoms with E-state index in [0.717, 1.165) is 45.6 Å². The molecule has 6 heteroatoms. The summed E-state index contributed by atoms with van der Waals surface area (Å²) >= 11 is 0. The fraction of sp³-hybridized carbons (Fsp3) is 0.846. The average molecular weight is 269 g/mol. The molecule has 2 rings (SSSR count). The maximum absolute atomic E-state index is 12.2. The summed E-state index contributed by atoms with van der Waals surface area (Å²) < 4.78 is 0. The third-order valence-electron chi connectivity index (χ3n) is 4.09. The largest absolute Gasteiger partial charge is 0.480 e. The summed E-state index contributed by atoms with van der Waals surface area (Å²) in [5.74, 6) is -0.730. The smallest absolute Gasteiger partial charge is 0.320 e.